The van der Waals surface area contributed by atoms with Gasteiger partial charge >= 0.3 is 5.97 Å². The van der Waals surface area contributed by atoms with Crippen molar-refractivity contribution in [2.45, 2.75) is 26.8 Å². The largest absolute Gasteiger partial charge is 0.475 e. The van der Waals surface area contributed by atoms with E-state index in [4.69, 9.17) is 9.52 Å². The fourth-order valence-electron chi connectivity index (χ4n) is 1.85. The summed E-state index contributed by atoms with van der Waals surface area (Å²) in [6.45, 7) is 5.79. The quantitative estimate of drug-likeness (QED) is 0.885. The lowest BCUT2D eigenvalue weighted by Gasteiger charge is -2.11. The standard InChI is InChI=1S/C12H14N2O3/c1-7-6-8(2)14(13-7)9(3)10-4-5-11(17-10)12(15)16/h4-6,9H,1-3H3,(H,15,16). The predicted molar refractivity (Wildman–Crippen MR) is 61.2 cm³/mol. The Morgan fingerprint density at radius 1 is 1.47 bits per heavy atom. The summed E-state index contributed by atoms with van der Waals surface area (Å²) >= 11 is 0. The molecule has 5 heteroatoms. The molecule has 0 aromatic carbocycles. The van der Waals surface area contributed by atoms with Crippen LogP contribution in [-0.2, 0) is 0 Å². The maximum absolute atomic E-state index is 10.7. The number of aryl methyl sites for hydroxylation is 2. The van der Waals surface area contributed by atoms with Crippen molar-refractivity contribution in [2.24, 2.45) is 0 Å². The molecule has 0 aliphatic carbocycles. The van der Waals surface area contributed by atoms with E-state index in [1.54, 1.807) is 6.07 Å². The average Bonchev–Trinajstić information content (AvgIpc) is 2.84. The molecule has 0 saturated heterocycles. The molecular weight excluding hydrogens is 220 g/mol. The zero-order valence-electron chi connectivity index (χ0n) is 9.97. The molecule has 1 atom stereocenters. The molecule has 2 aromatic rings. The normalized spacial score (nSPS) is 12.6. The van der Waals surface area contributed by atoms with E-state index in [1.165, 1.54) is 6.07 Å². The Labute approximate surface area is 98.7 Å². The molecular formula is C12H14N2O3. The van der Waals surface area contributed by atoms with Crippen LogP contribution in [0.2, 0.25) is 0 Å². The Morgan fingerprint density at radius 3 is 2.65 bits per heavy atom. The molecule has 1 N–H and O–H groups in total. The number of aromatic carboxylic acids is 1. The predicted octanol–water partition coefficient (Wildman–Crippen LogP) is 2.40. The lowest BCUT2D eigenvalue weighted by atomic mass is 10.2. The Bertz CT molecular complexity index is 554. The first-order chi connectivity index (χ1) is 7.99. The van der Waals surface area contributed by atoms with E-state index < -0.39 is 5.97 Å². The van der Waals surface area contributed by atoms with Gasteiger partial charge in [0.2, 0.25) is 5.76 Å². The minimum absolute atomic E-state index is 0.0478. The number of hydrogen-bond donors (Lipinski definition) is 1. The summed E-state index contributed by atoms with van der Waals surface area (Å²) in [5, 5.41) is 13.1. The Balaban J connectivity index is 2.33. The fraction of sp³-hybridized carbons (Fsp3) is 0.333. The molecule has 5 nitrogen and oxygen atoms in total. The van der Waals surface area contributed by atoms with Crippen LogP contribution in [0.4, 0.5) is 0 Å². The highest BCUT2D eigenvalue weighted by Crippen LogP contribution is 2.21. The van der Waals surface area contributed by atoms with E-state index in [2.05, 4.69) is 5.10 Å². The van der Waals surface area contributed by atoms with Gasteiger partial charge in [-0.05, 0) is 39.0 Å². The summed E-state index contributed by atoms with van der Waals surface area (Å²) in [6, 6.07) is 4.99. The molecule has 2 aromatic heterocycles. The Morgan fingerprint density at radius 2 is 2.18 bits per heavy atom. The summed E-state index contributed by atoms with van der Waals surface area (Å²) < 4.78 is 7.08. The third kappa shape index (κ3) is 2.08. The van der Waals surface area contributed by atoms with Crippen molar-refractivity contribution in [1.82, 2.24) is 9.78 Å². The smallest absolute Gasteiger partial charge is 0.371 e. The minimum atomic E-state index is -1.06. The number of carboxylic acid groups (broad SMARTS) is 1. The van der Waals surface area contributed by atoms with Gasteiger partial charge in [-0.15, -0.1) is 0 Å². The molecule has 0 aliphatic rings. The topological polar surface area (TPSA) is 68.3 Å². The van der Waals surface area contributed by atoms with E-state index in [9.17, 15) is 4.79 Å². The van der Waals surface area contributed by atoms with Crippen LogP contribution in [-0.4, -0.2) is 20.9 Å². The zero-order valence-corrected chi connectivity index (χ0v) is 9.97. The Kier molecular flexibility index (Phi) is 2.75. The van der Waals surface area contributed by atoms with Crippen LogP contribution < -0.4 is 0 Å². The molecule has 2 heterocycles. The number of nitrogens with zero attached hydrogens (tertiary/aromatic N) is 2. The molecule has 0 radical (unpaired) electrons. The monoisotopic (exact) mass is 234 g/mol. The van der Waals surface area contributed by atoms with Crippen LogP contribution in [0.3, 0.4) is 0 Å². The molecule has 1 unspecified atom stereocenters. The van der Waals surface area contributed by atoms with Gasteiger partial charge in [0.15, 0.2) is 0 Å². The van der Waals surface area contributed by atoms with E-state index >= 15 is 0 Å². The summed E-state index contributed by atoms with van der Waals surface area (Å²) in [4.78, 5) is 10.7. The van der Waals surface area contributed by atoms with Crippen LogP contribution in [0, 0.1) is 13.8 Å². The second kappa shape index (κ2) is 4.08. The van der Waals surface area contributed by atoms with E-state index in [0.717, 1.165) is 11.4 Å². The van der Waals surface area contributed by atoms with Crippen molar-refractivity contribution in [2.75, 3.05) is 0 Å². The van der Waals surface area contributed by atoms with Crippen LogP contribution in [0.1, 0.15) is 40.7 Å². The second-order valence-electron chi connectivity index (χ2n) is 4.05. The summed E-state index contributed by atoms with van der Waals surface area (Å²) in [6.07, 6.45) is 0. The highest BCUT2D eigenvalue weighted by molar-refractivity contribution is 5.84. The van der Waals surface area contributed by atoms with Crippen molar-refractivity contribution in [3.63, 3.8) is 0 Å². The summed E-state index contributed by atoms with van der Waals surface area (Å²) in [5.74, 6) is -0.515. The molecule has 17 heavy (non-hydrogen) atoms. The number of rotatable bonds is 3. The number of aromatic nitrogens is 2. The highest BCUT2D eigenvalue weighted by atomic mass is 16.4. The Hall–Kier alpha value is -2.04. The number of furan rings is 1. The molecule has 0 bridgehead atoms. The molecule has 0 fully saturated rings. The third-order valence-corrected chi connectivity index (χ3v) is 2.66. The second-order valence-corrected chi connectivity index (χ2v) is 4.05. The van der Waals surface area contributed by atoms with E-state index in [-0.39, 0.29) is 11.8 Å². The number of hydrogen-bond acceptors (Lipinski definition) is 3. The van der Waals surface area contributed by atoms with Gasteiger partial charge in [-0.25, -0.2) is 4.79 Å². The third-order valence-electron chi connectivity index (χ3n) is 2.66. The van der Waals surface area contributed by atoms with Gasteiger partial charge in [0.05, 0.1) is 5.69 Å². The summed E-state index contributed by atoms with van der Waals surface area (Å²) in [5.41, 5.74) is 1.95. The molecule has 0 amide bonds. The van der Waals surface area contributed by atoms with Gasteiger partial charge in [-0.2, -0.15) is 5.10 Å². The first-order valence-electron chi connectivity index (χ1n) is 5.35. The van der Waals surface area contributed by atoms with Crippen LogP contribution in [0.25, 0.3) is 0 Å². The molecule has 0 aliphatic heterocycles. The van der Waals surface area contributed by atoms with Gasteiger partial charge in [-0.3, -0.25) is 4.68 Å². The van der Waals surface area contributed by atoms with Gasteiger partial charge in [-0.1, -0.05) is 0 Å². The first kappa shape index (κ1) is 11.4. The SMILES string of the molecule is Cc1cc(C)n(C(C)c2ccc(C(=O)O)o2)n1. The van der Waals surface area contributed by atoms with E-state index in [0.29, 0.717) is 5.76 Å². The number of carbonyl (C=O) groups is 1. The van der Waals surface area contributed by atoms with Crippen molar-refractivity contribution < 1.29 is 14.3 Å². The summed E-state index contributed by atoms with van der Waals surface area (Å²) in [7, 11) is 0. The van der Waals surface area contributed by atoms with Gasteiger partial charge < -0.3 is 9.52 Å². The molecule has 2 rings (SSSR count). The molecule has 0 spiro atoms. The van der Waals surface area contributed by atoms with Gasteiger partial charge in [0, 0.05) is 5.69 Å². The number of carboxylic acids is 1. The van der Waals surface area contributed by atoms with Crippen LogP contribution in [0.5, 0.6) is 0 Å². The average molecular weight is 234 g/mol. The lowest BCUT2D eigenvalue weighted by Crippen LogP contribution is -2.09. The molecule has 90 valence electrons. The maximum atomic E-state index is 10.7. The van der Waals surface area contributed by atoms with Crippen molar-refractivity contribution in [3.8, 4) is 0 Å². The van der Waals surface area contributed by atoms with Crippen molar-refractivity contribution in [1.29, 1.82) is 0 Å². The van der Waals surface area contributed by atoms with Crippen molar-refractivity contribution >= 4 is 5.97 Å². The van der Waals surface area contributed by atoms with Crippen molar-refractivity contribution in [3.05, 3.63) is 41.1 Å². The zero-order chi connectivity index (χ0) is 12.6. The van der Waals surface area contributed by atoms with Crippen LogP contribution >= 0.6 is 0 Å². The van der Waals surface area contributed by atoms with Gasteiger partial charge in [0.25, 0.3) is 0 Å². The van der Waals surface area contributed by atoms with Crippen LogP contribution in [0.15, 0.2) is 22.6 Å². The van der Waals surface area contributed by atoms with E-state index in [1.807, 2.05) is 31.5 Å². The minimum Gasteiger partial charge on any atom is -0.475 e. The maximum Gasteiger partial charge on any atom is 0.371 e. The fourth-order valence-corrected chi connectivity index (χ4v) is 1.85. The first-order valence-corrected chi connectivity index (χ1v) is 5.35. The lowest BCUT2D eigenvalue weighted by molar-refractivity contribution is 0.0659. The highest BCUT2D eigenvalue weighted by Gasteiger charge is 2.17. The van der Waals surface area contributed by atoms with Gasteiger partial charge in [0.1, 0.15) is 11.8 Å². The molecule has 0 saturated carbocycles.